The van der Waals surface area contributed by atoms with Gasteiger partial charge in [-0.25, -0.2) is 9.59 Å². The summed E-state index contributed by atoms with van der Waals surface area (Å²) < 4.78 is 8.16. The van der Waals surface area contributed by atoms with Crippen LogP contribution in [0.25, 0.3) is 0 Å². The van der Waals surface area contributed by atoms with Crippen LogP contribution in [-0.4, -0.2) is 12.2 Å². The van der Waals surface area contributed by atoms with Crippen LogP contribution in [0.5, 0.6) is 0 Å². The zero-order valence-corrected chi connectivity index (χ0v) is 6.22. The smallest absolute Gasteiger partial charge is 0.337 e. The molecule has 2 amide bonds. The molecule has 0 aliphatic carbocycles. The van der Waals surface area contributed by atoms with Crippen molar-refractivity contribution >= 4 is 24.5 Å². The quantitative estimate of drug-likeness (QED) is 0.614. The molecule has 0 aromatic carbocycles. The molecule has 0 saturated carbocycles. The number of hydrogen-bond donors (Lipinski definition) is 2. The highest BCUT2D eigenvalue weighted by molar-refractivity contribution is 7.90. The molecule has 0 aliphatic rings. The molecule has 6 nitrogen and oxygen atoms in total. The van der Waals surface area contributed by atoms with E-state index >= 15 is 0 Å². The monoisotopic (exact) mass is 178 g/mol. The van der Waals surface area contributed by atoms with Gasteiger partial charge in [0.05, 0.1) is 0 Å². The minimum atomic E-state index is -1.04. The Morgan fingerprint density at radius 2 is 2.18 bits per heavy atom. The normalized spacial score (nSPS) is 8.00. The molecule has 0 radical (unpaired) electrons. The highest BCUT2D eigenvalue weighted by atomic mass is 32.2. The van der Waals surface area contributed by atoms with Gasteiger partial charge in [-0.2, -0.15) is 0 Å². The number of nitrogens with one attached hydrogen (secondary N) is 1. The Hall–Kier alpha value is -1.37. The summed E-state index contributed by atoms with van der Waals surface area (Å²) >= 11 is 0.175. The maximum absolute atomic E-state index is 10.4. The molecule has 0 bridgehead atoms. The Kier molecular flexibility index (Phi) is 4.74. The molecule has 3 N–H and O–H groups in total. The molecule has 0 rings (SSSR count). The molecule has 0 aromatic heterocycles. The summed E-state index contributed by atoms with van der Waals surface area (Å²) in [5, 5.41) is 2.07. The van der Waals surface area contributed by atoms with Crippen LogP contribution in [0.3, 0.4) is 0 Å². The van der Waals surface area contributed by atoms with Gasteiger partial charge < -0.3 is 14.1 Å². The van der Waals surface area contributed by atoms with E-state index in [0.29, 0.717) is 0 Å². The van der Waals surface area contributed by atoms with Crippen molar-refractivity contribution in [1.82, 2.24) is 5.32 Å². The molecule has 0 unspecified atom stereocenters. The molecule has 0 aliphatic heterocycles. The molecule has 62 valence electrons. The first kappa shape index (κ1) is 9.63. The van der Waals surface area contributed by atoms with Gasteiger partial charge in [-0.3, -0.25) is 5.32 Å². The van der Waals surface area contributed by atoms with Gasteiger partial charge in [0.15, 0.2) is 0 Å². The van der Waals surface area contributed by atoms with Gasteiger partial charge in [0.25, 0.3) is 0 Å². The Bertz CT molecular complexity index is 171. The van der Waals surface area contributed by atoms with Crippen molar-refractivity contribution in [3.63, 3.8) is 0 Å². The summed E-state index contributed by atoms with van der Waals surface area (Å²) in [7, 11) is 0. The fourth-order valence-electron chi connectivity index (χ4n) is 0.189. The van der Waals surface area contributed by atoms with E-state index in [-0.39, 0.29) is 12.3 Å². The van der Waals surface area contributed by atoms with Gasteiger partial charge in [-0.15, -0.1) is 0 Å². The Morgan fingerprint density at radius 3 is 2.64 bits per heavy atom. The van der Waals surface area contributed by atoms with E-state index in [1.807, 2.05) is 0 Å². The van der Waals surface area contributed by atoms with Crippen LogP contribution in [-0.2, 0) is 8.37 Å². The molecule has 0 spiro atoms. The van der Waals surface area contributed by atoms with Gasteiger partial charge in [0, 0.05) is 0 Å². The average molecular weight is 178 g/mol. The third-order valence-corrected chi connectivity index (χ3v) is 0.897. The number of hydrogen-bond acceptors (Lipinski definition) is 5. The zero-order chi connectivity index (χ0) is 8.69. The van der Waals surface area contributed by atoms with Gasteiger partial charge in [-0.05, 0) is 6.20 Å². The fraction of sp³-hybridized carbons (Fsp3) is 0. The van der Waals surface area contributed by atoms with Crippen LogP contribution in [0, 0.1) is 0 Å². The summed E-state index contributed by atoms with van der Waals surface area (Å²) in [5.41, 5.74) is 4.54. The molecule has 11 heavy (non-hydrogen) atoms. The van der Waals surface area contributed by atoms with E-state index in [4.69, 9.17) is 0 Å². The summed E-state index contributed by atoms with van der Waals surface area (Å²) in [6, 6.07) is 0. The Labute approximate surface area is 67.1 Å². The maximum atomic E-state index is 10.4. The summed E-state index contributed by atoms with van der Waals surface area (Å²) in [5.74, 6) is 0. The number of nitrogens with two attached hydrogens (primary N) is 1. The van der Waals surface area contributed by atoms with Crippen molar-refractivity contribution in [3.8, 4) is 0 Å². The Balaban J connectivity index is 3.31. The first-order valence-electron chi connectivity index (χ1n) is 2.39. The third-order valence-electron chi connectivity index (χ3n) is 0.446. The predicted molar refractivity (Wildman–Crippen MR) is 38.1 cm³/mol. The van der Waals surface area contributed by atoms with Crippen LogP contribution in [0.2, 0.25) is 0 Å². The molecule has 0 fully saturated rings. The number of carbonyl (C=O) groups excluding carboxylic acids is 2. The highest BCUT2D eigenvalue weighted by Gasteiger charge is 2.02. The molecular weight excluding hydrogens is 172 g/mol. The van der Waals surface area contributed by atoms with Crippen LogP contribution in [0.4, 0.5) is 9.59 Å². The lowest BCUT2D eigenvalue weighted by atomic mass is 11.0. The van der Waals surface area contributed by atoms with E-state index in [0.717, 1.165) is 6.20 Å². The van der Waals surface area contributed by atoms with E-state index in [1.165, 1.54) is 0 Å². The topological polar surface area (TPSA) is 90.7 Å². The fourth-order valence-corrected chi connectivity index (χ4v) is 0.400. The molecule has 0 heterocycles. The van der Waals surface area contributed by atoms with E-state index in [1.54, 1.807) is 0 Å². The second kappa shape index (κ2) is 5.42. The molecular formula is C4H6N2O4S. The largest absolute Gasteiger partial charge is 0.425 e. The maximum Gasteiger partial charge on any atom is 0.425 e. The predicted octanol–water partition coefficient (Wildman–Crippen LogP) is 0.515. The lowest BCUT2D eigenvalue weighted by Crippen LogP contribution is -2.16. The summed E-state index contributed by atoms with van der Waals surface area (Å²) in [6.45, 7) is 3.19. The standard InChI is InChI=1S/C4H6N2O4S/c1-2-6-4(8)10-11-9-3(5)7/h2H,1H2,(H2,5,7)(H,6,8). The van der Waals surface area contributed by atoms with Crippen LogP contribution in [0.15, 0.2) is 12.8 Å². The van der Waals surface area contributed by atoms with Gasteiger partial charge in [0.1, 0.15) is 0 Å². The van der Waals surface area contributed by atoms with Gasteiger partial charge >= 0.3 is 24.5 Å². The lowest BCUT2D eigenvalue weighted by molar-refractivity contribution is 0.201. The lowest BCUT2D eigenvalue weighted by Gasteiger charge is -1.97. The second-order valence-electron chi connectivity index (χ2n) is 1.19. The molecule has 7 heteroatoms. The minimum Gasteiger partial charge on any atom is -0.337 e. The minimum absolute atomic E-state index is 0.175. The van der Waals surface area contributed by atoms with Crippen molar-refractivity contribution in [1.29, 1.82) is 0 Å². The number of primary amides is 1. The van der Waals surface area contributed by atoms with Crippen LogP contribution >= 0.6 is 12.3 Å². The van der Waals surface area contributed by atoms with Crippen LogP contribution < -0.4 is 11.1 Å². The highest BCUT2D eigenvalue weighted by Crippen LogP contribution is 2.03. The third kappa shape index (κ3) is 6.52. The van der Waals surface area contributed by atoms with Crippen molar-refractivity contribution in [3.05, 3.63) is 12.8 Å². The van der Waals surface area contributed by atoms with E-state index < -0.39 is 12.2 Å². The first-order valence-corrected chi connectivity index (χ1v) is 3.05. The van der Waals surface area contributed by atoms with Crippen LogP contribution in [0.1, 0.15) is 0 Å². The average Bonchev–Trinajstić information content (AvgIpc) is 1.87. The SMILES string of the molecule is C=CNC(=O)OSOC(N)=O. The summed E-state index contributed by atoms with van der Waals surface area (Å²) in [6.07, 6.45) is -0.722. The number of rotatable bonds is 3. The van der Waals surface area contributed by atoms with Crippen molar-refractivity contribution in [2.75, 3.05) is 0 Å². The molecule has 0 saturated heterocycles. The molecule has 0 aromatic rings. The van der Waals surface area contributed by atoms with Crippen molar-refractivity contribution in [2.24, 2.45) is 5.73 Å². The van der Waals surface area contributed by atoms with E-state index in [9.17, 15) is 9.59 Å². The Morgan fingerprint density at radius 1 is 1.55 bits per heavy atom. The van der Waals surface area contributed by atoms with Crippen molar-refractivity contribution in [2.45, 2.75) is 0 Å². The summed E-state index contributed by atoms with van der Waals surface area (Å²) in [4.78, 5) is 20.3. The zero-order valence-electron chi connectivity index (χ0n) is 5.40. The second-order valence-corrected chi connectivity index (χ2v) is 1.66. The van der Waals surface area contributed by atoms with Gasteiger partial charge in [-0.1, -0.05) is 6.58 Å². The number of amides is 2. The van der Waals surface area contributed by atoms with Gasteiger partial charge in [0.2, 0.25) is 0 Å². The first-order chi connectivity index (χ1) is 5.16. The molecule has 0 atom stereocenters. The number of carbonyl (C=O) groups is 2. The van der Waals surface area contributed by atoms with E-state index in [2.05, 4.69) is 26.0 Å². The van der Waals surface area contributed by atoms with Crippen molar-refractivity contribution < 1.29 is 18.0 Å².